The van der Waals surface area contributed by atoms with E-state index in [1.54, 1.807) is 0 Å². The second kappa shape index (κ2) is 5.69. The first-order valence-corrected chi connectivity index (χ1v) is 6.76. The minimum absolute atomic E-state index is 0.348. The third-order valence-electron chi connectivity index (χ3n) is 2.35. The Morgan fingerprint density at radius 2 is 2.00 bits per heavy atom. The van der Waals surface area contributed by atoms with Crippen molar-refractivity contribution in [3.63, 3.8) is 0 Å². The highest BCUT2D eigenvalue weighted by Gasteiger charge is 2.06. The Bertz CT molecular complexity index is 601. The summed E-state index contributed by atoms with van der Waals surface area (Å²) in [5, 5.41) is 3.92. The molecule has 2 rings (SSSR count). The summed E-state index contributed by atoms with van der Waals surface area (Å²) in [6.07, 6.45) is 0. The molecule has 0 aliphatic rings. The third-order valence-corrected chi connectivity index (χ3v) is 3.30. The maximum Gasteiger partial charge on any atom is 0.106 e. The van der Waals surface area contributed by atoms with E-state index >= 15 is 0 Å². The first-order chi connectivity index (χ1) is 8.56. The fraction of sp³-hybridized carbons (Fsp3) is 0. The van der Waals surface area contributed by atoms with Gasteiger partial charge in [-0.25, -0.2) is 0 Å². The van der Waals surface area contributed by atoms with Crippen molar-refractivity contribution >= 4 is 56.1 Å². The normalized spacial score (nSPS) is 10.1. The van der Waals surface area contributed by atoms with Crippen LogP contribution in [-0.2, 0) is 0 Å². The fourth-order valence-corrected chi connectivity index (χ4v) is 2.27. The summed E-state index contributed by atoms with van der Waals surface area (Å²) >= 11 is 14.4. The Labute approximate surface area is 124 Å². The van der Waals surface area contributed by atoms with Crippen LogP contribution in [0.1, 0.15) is 5.56 Å². The number of hydrogen-bond acceptors (Lipinski definition) is 2. The minimum atomic E-state index is 0.348. The average molecular weight is 342 g/mol. The van der Waals surface area contributed by atoms with Crippen LogP contribution >= 0.6 is 39.7 Å². The lowest BCUT2D eigenvalue weighted by Gasteiger charge is -2.12. The molecule has 3 N–H and O–H groups in total. The van der Waals surface area contributed by atoms with Crippen LogP contribution in [0, 0.1) is 0 Å². The summed E-state index contributed by atoms with van der Waals surface area (Å²) in [5.41, 5.74) is 8.25. The molecule has 0 aliphatic carbocycles. The van der Waals surface area contributed by atoms with Crippen molar-refractivity contribution in [1.82, 2.24) is 0 Å². The third kappa shape index (κ3) is 3.22. The Kier molecular flexibility index (Phi) is 4.22. The zero-order valence-electron chi connectivity index (χ0n) is 9.28. The lowest BCUT2D eigenvalue weighted by molar-refractivity contribution is 1.51. The molecule has 0 saturated heterocycles. The second-order valence-electron chi connectivity index (χ2n) is 3.69. The number of nitrogens with two attached hydrogens (primary N) is 1. The van der Waals surface area contributed by atoms with Crippen LogP contribution in [0.3, 0.4) is 0 Å². The molecular weight excluding hydrogens is 332 g/mol. The second-order valence-corrected chi connectivity index (χ2v) is 5.48. The Morgan fingerprint density at radius 3 is 2.67 bits per heavy atom. The van der Waals surface area contributed by atoms with E-state index < -0.39 is 0 Å². The van der Waals surface area contributed by atoms with Gasteiger partial charge in [0, 0.05) is 26.4 Å². The molecule has 0 aromatic heterocycles. The van der Waals surface area contributed by atoms with Crippen LogP contribution in [0.4, 0.5) is 11.4 Å². The summed E-state index contributed by atoms with van der Waals surface area (Å²) in [6.45, 7) is 0. The van der Waals surface area contributed by atoms with Gasteiger partial charge in [0.1, 0.15) is 4.99 Å². The zero-order valence-corrected chi connectivity index (χ0v) is 12.4. The lowest BCUT2D eigenvalue weighted by atomic mass is 10.1. The summed E-state index contributed by atoms with van der Waals surface area (Å²) in [5.74, 6) is 0. The van der Waals surface area contributed by atoms with E-state index in [-0.39, 0.29) is 0 Å². The smallest absolute Gasteiger partial charge is 0.106 e. The summed E-state index contributed by atoms with van der Waals surface area (Å²) in [4.78, 5) is 0.348. The lowest BCUT2D eigenvalue weighted by Crippen LogP contribution is -2.11. The van der Waals surface area contributed by atoms with Gasteiger partial charge in [-0.15, -0.1) is 0 Å². The number of halogens is 2. The van der Waals surface area contributed by atoms with Crippen LogP contribution in [0.2, 0.25) is 5.02 Å². The number of nitrogens with one attached hydrogen (secondary N) is 1. The van der Waals surface area contributed by atoms with E-state index in [2.05, 4.69) is 21.2 Å². The van der Waals surface area contributed by atoms with Gasteiger partial charge in [0.05, 0.1) is 0 Å². The van der Waals surface area contributed by atoms with Gasteiger partial charge in [0.2, 0.25) is 0 Å². The minimum Gasteiger partial charge on any atom is -0.389 e. The van der Waals surface area contributed by atoms with Crippen LogP contribution in [0.15, 0.2) is 46.9 Å². The molecule has 92 valence electrons. The van der Waals surface area contributed by atoms with Gasteiger partial charge in [-0.1, -0.05) is 45.8 Å². The van der Waals surface area contributed by atoms with Crippen molar-refractivity contribution in [2.75, 3.05) is 5.32 Å². The predicted molar refractivity (Wildman–Crippen MR) is 84.8 cm³/mol. The molecule has 2 nitrogen and oxygen atoms in total. The van der Waals surface area contributed by atoms with Crippen molar-refractivity contribution in [1.29, 1.82) is 0 Å². The molecule has 0 amide bonds. The summed E-state index contributed by atoms with van der Waals surface area (Å²) < 4.78 is 0.932. The van der Waals surface area contributed by atoms with Gasteiger partial charge in [-0.3, -0.25) is 0 Å². The van der Waals surface area contributed by atoms with Gasteiger partial charge in [0.15, 0.2) is 0 Å². The van der Waals surface area contributed by atoms with Gasteiger partial charge in [-0.2, -0.15) is 0 Å². The molecule has 0 unspecified atom stereocenters. The molecule has 5 heteroatoms. The average Bonchev–Trinajstić information content (AvgIpc) is 2.31. The maximum atomic E-state index is 5.94. The molecule has 0 fully saturated rings. The van der Waals surface area contributed by atoms with Crippen LogP contribution in [0.5, 0.6) is 0 Å². The highest BCUT2D eigenvalue weighted by molar-refractivity contribution is 9.10. The highest BCUT2D eigenvalue weighted by atomic mass is 79.9. The number of benzene rings is 2. The SMILES string of the molecule is NC(=S)c1cc(Br)ccc1Nc1cccc(Cl)c1. The molecule has 0 saturated carbocycles. The molecule has 0 spiro atoms. The van der Waals surface area contributed by atoms with E-state index in [1.807, 2.05) is 42.5 Å². The van der Waals surface area contributed by atoms with Gasteiger partial charge >= 0.3 is 0 Å². The van der Waals surface area contributed by atoms with Crippen molar-refractivity contribution in [2.45, 2.75) is 0 Å². The number of anilines is 2. The van der Waals surface area contributed by atoms with Crippen molar-refractivity contribution in [3.8, 4) is 0 Å². The van der Waals surface area contributed by atoms with Gasteiger partial charge in [-0.05, 0) is 36.4 Å². The van der Waals surface area contributed by atoms with Crippen molar-refractivity contribution in [3.05, 3.63) is 57.5 Å². The maximum absolute atomic E-state index is 5.94. The number of hydrogen-bond donors (Lipinski definition) is 2. The van der Waals surface area contributed by atoms with E-state index in [4.69, 9.17) is 29.6 Å². The molecule has 2 aromatic rings. The first kappa shape index (κ1) is 13.3. The van der Waals surface area contributed by atoms with Crippen molar-refractivity contribution in [2.24, 2.45) is 5.73 Å². The summed E-state index contributed by atoms with van der Waals surface area (Å²) in [6, 6.07) is 13.2. The Morgan fingerprint density at radius 1 is 1.22 bits per heavy atom. The molecule has 0 aliphatic heterocycles. The predicted octanol–water partition coefficient (Wildman–Crippen LogP) is 4.48. The van der Waals surface area contributed by atoms with E-state index in [0.717, 1.165) is 21.4 Å². The summed E-state index contributed by atoms with van der Waals surface area (Å²) in [7, 11) is 0. The number of rotatable bonds is 3. The molecule has 0 atom stereocenters. The molecule has 0 heterocycles. The van der Waals surface area contributed by atoms with Crippen LogP contribution in [-0.4, -0.2) is 4.99 Å². The van der Waals surface area contributed by atoms with Crippen molar-refractivity contribution < 1.29 is 0 Å². The van der Waals surface area contributed by atoms with E-state index in [1.165, 1.54) is 0 Å². The van der Waals surface area contributed by atoms with Crippen LogP contribution in [0.25, 0.3) is 0 Å². The molecule has 0 bridgehead atoms. The van der Waals surface area contributed by atoms with E-state index in [9.17, 15) is 0 Å². The fourth-order valence-electron chi connectivity index (χ4n) is 1.55. The molecular formula is C13H10BrClN2S. The van der Waals surface area contributed by atoms with Crippen LogP contribution < -0.4 is 11.1 Å². The van der Waals surface area contributed by atoms with E-state index in [0.29, 0.717) is 10.0 Å². The van der Waals surface area contributed by atoms with Gasteiger partial charge in [0.25, 0.3) is 0 Å². The molecule has 2 aromatic carbocycles. The standard InChI is InChI=1S/C13H10BrClN2S/c14-8-4-5-12(11(6-8)13(16)18)17-10-3-1-2-9(15)7-10/h1-7,17H,(H2,16,18). The first-order valence-electron chi connectivity index (χ1n) is 5.18. The number of thiocarbonyl (C=S) groups is 1. The monoisotopic (exact) mass is 340 g/mol. The largest absolute Gasteiger partial charge is 0.389 e. The Balaban J connectivity index is 2.37. The van der Waals surface area contributed by atoms with Gasteiger partial charge < -0.3 is 11.1 Å². The zero-order chi connectivity index (χ0) is 13.1. The quantitative estimate of drug-likeness (QED) is 0.808. The molecule has 18 heavy (non-hydrogen) atoms. The topological polar surface area (TPSA) is 38.0 Å². The molecule has 0 radical (unpaired) electrons. The highest BCUT2D eigenvalue weighted by Crippen LogP contribution is 2.25. The Hall–Kier alpha value is -1.10.